The molecule has 10 heteroatoms. The molecule has 0 bridgehead atoms. The Morgan fingerprint density at radius 1 is 1.24 bits per heavy atom. The zero-order valence-electron chi connectivity index (χ0n) is 18.8. The van der Waals surface area contributed by atoms with Crippen molar-refractivity contribution in [1.29, 1.82) is 0 Å². The number of aryl methyl sites for hydroxylation is 1. The number of amides is 1. The van der Waals surface area contributed by atoms with Crippen LogP contribution in [-0.4, -0.2) is 46.1 Å². The van der Waals surface area contributed by atoms with E-state index < -0.39 is 0 Å². The molecule has 0 saturated carbocycles. The summed E-state index contributed by atoms with van der Waals surface area (Å²) in [5.41, 5.74) is 2.44. The van der Waals surface area contributed by atoms with E-state index in [2.05, 4.69) is 15.5 Å². The SMILES string of the molecule is CCOC(=O)c1c(NC(=O)CSc2nnc(-c3cccc(OC)c3)n2CC)sc2c1CCC2. The van der Waals surface area contributed by atoms with Crippen LogP contribution in [-0.2, 0) is 28.9 Å². The third-order valence-electron chi connectivity index (χ3n) is 5.35. The maximum Gasteiger partial charge on any atom is 0.341 e. The molecule has 2 heterocycles. The average Bonchev–Trinajstić information content (AvgIpc) is 3.51. The van der Waals surface area contributed by atoms with Gasteiger partial charge in [0.25, 0.3) is 0 Å². The predicted octanol–water partition coefficient (Wildman–Crippen LogP) is 4.43. The molecule has 1 amide bonds. The number of thiophene rings is 1. The zero-order chi connectivity index (χ0) is 23.4. The number of nitrogens with zero attached hydrogens (tertiary/aromatic N) is 3. The molecule has 0 saturated heterocycles. The topological polar surface area (TPSA) is 95.3 Å². The lowest BCUT2D eigenvalue weighted by atomic mass is 10.1. The lowest BCUT2D eigenvalue weighted by Gasteiger charge is -2.09. The lowest BCUT2D eigenvalue weighted by molar-refractivity contribution is -0.113. The number of hydrogen-bond donors (Lipinski definition) is 1. The van der Waals surface area contributed by atoms with Gasteiger partial charge in [-0.1, -0.05) is 23.9 Å². The van der Waals surface area contributed by atoms with Crippen molar-refractivity contribution < 1.29 is 19.1 Å². The number of methoxy groups -OCH3 is 1. The third kappa shape index (κ3) is 4.91. The summed E-state index contributed by atoms with van der Waals surface area (Å²) in [5.74, 6) is 1.05. The Hall–Kier alpha value is -2.85. The van der Waals surface area contributed by atoms with Crippen LogP contribution in [0.5, 0.6) is 5.75 Å². The Kier molecular flexibility index (Phi) is 7.34. The van der Waals surface area contributed by atoms with E-state index >= 15 is 0 Å². The Balaban J connectivity index is 1.47. The summed E-state index contributed by atoms with van der Waals surface area (Å²) >= 11 is 2.79. The van der Waals surface area contributed by atoms with Gasteiger partial charge in [-0.15, -0.1) is 21.5 Å². The molecule has 0 fully saturated rings. The van der Waals surface area contributed by atoms with Gasteiger partial charge in [-0.3, -0.25) is 4.79 Å². The van der Waals surface area contributed by atoms with Crippen molar-refractivity contribution in [2.45, 2.75) is 44.8 Å². The molecule has 33 heavy (non-hydrogen) atoms. The number of benzene rings is 1. The molecular formula is C23H26N4O4S2. The summed E-state index contributed by atoms with van der Waals surface area (Å²) in [7, 11) is 1.62. The Bertz CT molecular complexity index is 1170. The number of esters is 1. The second-order valence-corrected chi connectivity index (χ2v) is 9.45. The smallest absolute Gasteiger partial charge is 0.341 e. The first kappa shape index (κ1) is 23.3. The van der Waals surface area contributed by atoms with Gasteiger partial charge in [0.1, 0.15) is 10.8 Å². The van der Waals surface area contributed by atoms with Gasteiger partial charge in [0.15, 0.2) is 11.0 Å². The molecule has 0 atom stereocenters. The van der Waals surface area contributed by atoms with Crippen LogP contribution in [0.25, 0.3) is 11.4 Å². The third-order valence-corrected chi connectivity index (χ3v) is 7.52. The molecular weight excluding hydrogens is 460 g/mol. The number of ether oxygens (including phenoxy) is 2. The molecule has 3 aromatic rings. The number of nitrogens with one attached hydrogen (secondary N) is 1. The number of aromatic nitrogens is 3. The first-order valence-electron chi connectivity index (χ1n) is 10.9. The van der Waals surface area contributed by atoms with Crippen LogP contribution in [0.1, 0.15) is 41.1 Å². The number of carbonyl (C=O) groups excluding carboxylic acids is 2. The molecule has 174 valence electrons. The van der Waals surface area contributed by atoms with Crippen LogP contribution >= 0.6 is 23.1 Å². The van der Waals surface area contributed by atoms with Gasteiger partial charge >= 0.3 is 5.97 Å². The number of rotatable bonds is 9. The monoisotopic (exact) mass is 486 g/mol. The highest BCUT2D eigenvalue weighted by Crippen LogP contribution is 2.39. The molecule has 1 aliphatic rings. The molecule has 0 unspecified atom stereocenters. The Morgan fingerprint density at radius 3 is 2.85 bits per heavy atom. The number of anilines is 1. The van der Waals surface area contributed by atoms with Crippen LogP contribution < -0.4 is 10.1 Å². The second kappa shape index (κ2) is 10.4. The van der Waals surface area contributed by atoms with E-state index in [4.69, 9.17) is 9.47 Å². The summed E-state index contributed by atoms with van der Waals surface area (Å²) in [6, 6.07) is 7.64. The summed E-state index contributed by atoms with van der Waals surface area (Å²) in [6.45, 7) is 4.75. The van der Waals surface area contributed by atoms with Crippen molar-refractivity contribution >= 4 is 40.0 Å². The molecule has 1 aromatic carbocycles. The minimum atomic E-state index is -0.367. The van der Waals surface area contributed by atoms with Crippen LogP contribution in [0.15, 0.2) is 29.4 Å². The fourth-order valence-electron chi connectivity index (χ4n) is 3.86. The predicted molar refractivity (Wildman–Crippen MR) is 129 cm³/mol. The van der Waals surface area contributed by atoms with Gasteiger partial charge in [-0.25, -0.2) is 4.79 Å². The second-order valence-electron chi connectivity index (χ2n) is 7.40. The van der Waals surface area contributed by atoms with Gasteiger partial charge in [0.2, 0.25) is 5.91 Å². The number of carbonyl (C=O) groups is 2. The summed E-state index contributed by atoms with van der Waals surface area (Å²) in [5, 5.41) is 12.8. The van der Waals surface area contributed by atoms with E-state index in [1.807, 2.05) is 35.8 Å². The van der Waals surface area contributed by atoms with E-state index in [9.17, 15) is 9.59 Å². The van der Waals surface area contributed by atoms with Crippen molar-refractivity contribution in [2.75, 3.05) is 24.8 Å². The number of thioether (sulfide) groups is 1. The van der Waals surface area contributed by atoms with E-state index in [-0.39, 0.29) is 17.6 Å². The Morgan fingerprint density at radius 2 is 2.09 bits per heavy atom. The maximum absolute atomic E-state index is 12.8. The van der Waals surface area contributed by atoms with E-state index in [1.165, 1.54) is 23.1 Å². The summed E-state index contributed by atoms with van der Waals surface area (Å²) < 4.78 is 12.5. The van der Waals surface area contributed by atoms with Gasteiger partial charge in [-0.2, -0.15) is 0 Å². The number of hydrogen-bond acceptors (Lipinski definition) is 8. The van der Waals surface area contributed by atoms with Gasteiger partial charge in [-0.05, 0) is 50.8 Å². The van der Waals surface area contributed by atoms with Crippen LogP contribution in [0.3, 0.4) is 0 Å². The normalized spacial score (nSPS) is 12.5. The minimum absolute atomic E-state index is 0.154. The minimum Gasteiger partial charge on any atom is -0.497 e. The molecule has 2 aromatic heterocycles. The highest BCUT2D eigenvalue weighted by molar-refractivity contribution is 7.99. The average molecular weight is 487 g/mol. The van der Waals surface area contributed by atoms with E-state index in [0.29, 0.717) is 28.9 Å². The standard InChI is InChI=1S/C23H26N4O4S2/c1-4-27-20(14-8-6-9-15(12-14)30-3)25-26-23(27)32-13-18(28)24-21-19(22(29)31-5-2)16-10-7-11-17(16)33-21/h6,8-9,12H,4-5,7,10-11,13H2,1-3H3,(H,24,28). The van der Waals surface area contributed by atoms with E-state index in [1.54, 1.807) is 14.0 Å². The fraction of sp³-hybridized carbons (Fsp3) is 0.391. The van der Waals surface area contributed by atoms with Crippen molar-refractivity contribution in [2.24, 2.45) is 0 Å². The van der Waals surface area contributed by atoms with Gasteiger partial charge in [0.05, 0.1) is 25.0 Å². The van der Waals surface area contributed by atoms with Crippen molar-refractivity contribution in [3.63, 3.8) is 0 Å². The van der Waals surface area contributed by atoms with Crippen LogP contribution in [0.4, 0.5) is 5.00 Å². The highest BCUT2D eigenvalue weighted by atomic mass is 32.2. The van der Waals surface area contributed by atoms with Crippen molar-refractivity contribution in [3.05, 3.63) is 40.3 Å². The molecule has 1 aliphatic carbocycles. The molecule has 1 N–H and O–H groups in total. The maximum atomic E-state index is 12.8. The molecule has 4 rings (SSSR count). The zero-order valence-corrected chi connectivity index (χ0v) is 20.5. The lowest BCUT2D eigenvalue weighted by Crippen LogP contribution is -2.17. The highest BCUT2D eigenvalue weighted by Gasteiger charge is 2.28. The van der Waals surface area contributed by atoms with Crippen LogP contribution in [0.2, 0.25) is 0 Å². The van der Waals surface area contributed by atoms with Crippen molar-refractivity contribution in [3.8, 4) is 17.1 Å². The summed E-state index contributed by atoms with van der Waals surface area (Å²) in [4.78, 5) is 26.4. The summed E-state index contributed by atoms with van der Waals surface area (Å²) in [6.07, 6.45) is 2.81. The molecule has 0 aliphatic heterocycles. The Labute approximate surface area is 200 Å². The largest absolute Gasteiger partial charge is 0.497 e. The first-order valence-corrected chi connectivity index (χ1v) is 12.7. The van der Waals surface area contributed by atoms with Crippen LogP contribution in [0, 0.1) is 0 Å². The van der Waals surface area contributed by atoms with Gasteiger partial charge in [0, 0.05) is 17.0 Å². The quantitative estimate of drug-likeness (QED) is 0.353. The van der Waals surface area contributed by atoms with Crippen molar-refractivity contribution in [1.82, 2.24) is 14.8 Å². The van der Waals surface area contributed by atoms with Gasteiger partial charge < -0.3 is 19.4 Å². The molecule has 0 spiro atoms. The van der Waals surface area contributed by atoms with E-state index in [0.717, 1.165) is 46.8 Å². The molecule has 8 nitrogen and oxygen atoms in total. The fourth-order valence-corrected chi connectivity index (χ4v) is 5.96. The molecule has 0 radical (unpaired) electrons. The first-order chi connectivity index (χ1) is 16.0. The number of fused-ring (bicyclic) bond motifs is 1.